The van der Waals surface area contributed by atoms with E-state index in [9.17, 15) is 4.39 Å². The van der Waals surface area contributed by atoms with Gasteiger partial charge in [0.15, 0.2) is 0 Å². The highest BCUT2D eigenvalue weighted by Crippen LogP contribution is 2.26. The van der Waals surface area contributed by atoms with Crippen LogP contribution in [-0.2, 0) is 0 Å². The summed E-state index contributed by atoms with van der Waals surface area (Å²) in [4.78, 5) is 7.70. The molecule has 0 saturated carbocycles. The zero-order valence-electron chi connectivity index (χ0n) is 8.04. The van der Waals surface area contributed by atoms with Gasteiger partial charge >= 0.3 is 0 Å². The second kappa shape index (κ2) is 3.95. The number of nitrogens with zero attached hydrogens (tertiary/aromatic N) is 2. The minimum absolute atomic E-state index is 0.505. The molecule has 76 valence electrons. The zero-order chi connectivity index (χ0) is 10.8. The van der Waals surface area contributed by atoms with E-state index >= 15 is 0 Å². The first-order valence-corrected chi connectivity index (χ1v) is 4.78. The van der Waals surface area contributed by atoms with Crippen molar-refractivity contribution in [1.29, 1.82) is 0 Å². The van der Waals surface area contributed by atoms with Crippen molar-refractivity contribution in [2.24, 2.45) is 0 Å². The van der Waals surface area contributed by atoms with E-state index in [0.717, 1.165) is 16.8 Å². The topological polar surface area (TPSA) is 25.8 Å². The van der Waals surface area contributed by atoms with Gasteiger partial charge in [0.1, 0.15) is 0 Å². The number of pyridine rings is 2. The van der Waals surface area contributed by atoms with Gasteiger partial charge in [-0.15, -0.1) is 0 Å². The molecule has 0 aliphatic rings. The highest BCUT2D eigenvalue weighted by atomic mass is 35.5. The first kappa shape index (κ1) is 10.1. The Balaban J connectivity index is 2.49. The van der Waals surface area contributed by atoms with Gasteiger partial charge in [0.2, 0.25) is 5.95 Å². The maximum atomic E-state index is 12.6. The van der Waals surface area contributed by atoms with Crippen LogP contribution in [0.15, 0.2) is 30.6 Å². The second-order valence-electron chi connectivity index (χ2n) is 3.18. The smallest absolute Gasteiger partial charge is 0.212 e. The van der Waals surface area contributed by atoms with Crippen molar-refractivity contribution in [2.45, 2.75) is 6.92 Å². The van der Waals surface area contributed by atoms with Crippen molar-refractivity contribution < 1.29 is 4.39 Å². The fourth-order valence-corrected chi connectivity index (χ4v) is 1.59. The summed E-state index contributed by atoms with van der Waals surface area (Å²) in [5, 5.41) is 0.593. The van der Waals surface area contributed by atoms with Crippen LogP contribution in [0, 0.1) is 12.9 Å². The maximum absolute atomic E-state index is 12.6. The Morgan fingerprint density at radius 1 is 1.20 bits per heavy atom. The van der Waals surface area contributed by atoms with Gasteiger partial charge in [-0.25, -0.2) is 4.98 Å². The molecule has 0 atom stereocenters. The molecule has 2 heterocycles. The van der Waals surface area contributed by atoms with Crippen molar-refractivity contribution in [3.63, 3.8) is 0 Å². The van der Waals surface area contributed by atoms with Gasteiger partial charge in [0, 0.05) is 29.2 Å². The highest BCUT2D eigenvalue weighted by Gasteiger charge is 2.04. The third kappa shape index (κ3) is 2.13. The molecule has 4 heteroatoms. The van der Waals surface area contributed by atoms with Gasteiger partial charge in [-0.2, -0.15) is 4.39 Å². The molecule has 0 spiro atoms. The molecule has 2 nitrogen and oxygen atoms in total. The van der Waals surface area contributed by atoms with Crippen molar-refractivity contribution in [3.8, 4) is 11.1 Å². The molecule has 0 amide bonds. The minimum atomic E-state index is -0.505. The molecule has 15 heavy (non-hydrogen) atoms. The quantitative estimate of drug-likeness (QED) is 0.693. The Morgan fingerprint density at radius 3 is 2.60 bits per heavy atom. The standard InChI is InChI=1S/C11H8ClFN2/c1-7-4-10(12)9(6-14-7)8-2-3-11(13)15-5-8/h2-6H,1H3. The highest BCUT2D eigenvalue weighted by molar-refractivity contribution is 6.33. The normalized spacial score (nSPS) is 10.3. The second-order valence-corrected chi connectivity index (χ2v) is 3.58. The molecular formula is C11H8ClFN2. The average Bonchev–Trinajstić information content (AvgIpc) is 2.20. The van der Waals surface area contributed by atoms with Crippen LogP contribution in [0.3, 0.4) is 0 Å². The van der Waals surface area contributed by atoms with Gasteiger partial charge in [0.05, 0.1) is 5.02 Å². The summed E-state index contributed by atoms with van der Waals surface area (Å²) in [6, 6.07) is 4.69. The largest absolute Gasteiger partial charge is 0.261 e. The number of halogens is 2. The van der Waals surface area contributed by atoms with Crippen LogP contribution < -0.4 is 0 Å². The number of hydrogen-bond donors (Lipinski definition) is 0. The summed E-state index contributed by atoms with van der Waals surface area (Å²) in [6.07, 6.45) is 3.10. The summed E-state index contributed by atoms with van der Waals surface area (Å²) < 4.78 is 12.6. The first-order chi connectivity index (χ1) is 7.16. The fraction of sp³-hybridized carbons (Fsp3) is 0.0909. The van der Waals surface area contributed by atoms with Crippen molar-refractivity contribution in [3.05, 3.63) is 47.3 Å². The monoisotopic (exact) mass is 222 g/mol. The average molecular weight is 223 g/mol. The summed E-state index contributed by atoms with van der Waals surface area (Å²) in [7, 11) is 0. The predicted molar refractivity (Wildman–Crippen MR) is 57.2 cm³/mol. The number of aromatic nitrogens is 2. The molecule has 0 bridgehead atoms. The van der Waals surface area contributed by atoms with Gasteiger partial charge in [-0.1, -0.05) is 11.6 Å². The molecule has 2 rings (SSSR count). The van der Waals surface area contributed by atoms with E-state index in [1.807, 2.05) is 6.92 Å². The Kier molecular flexibility index (Phi) is 2.64. The minimum Gasteiger partial charge on any atom is -0.261 e. The maximum Gasteiger partial charge on any atom is 0.212 e. The molecule has 0 aliphatic heterocycles. The first-order valence-electron chi connectivity index (χ1n) is 4.41. The lowest BCUT2D eigenvalue weighted by molar-refractivity contribution is 0.584. The van der Waals surface area contributed by atoms with Crippen molar-refractivity contribution in [2.75, 3.05) is 0 Å². The van der Waals surface area contributed by atoms with E-state index in [1.54, 1.807) is 18.3 Å². The molecule has 2 aromatic rings. The molecule has 2 aromatic heterocycles. The summed E-state index contributed by atoms with van der Waals surface area (Å²) in [6.45, 7) is 1.86. The van der Waals surface area contributed by atoms with E-state index in [0.29, 0.717) is 5.02 Å². The lowest BCUT2D eigenvalue weighted by Crippen LogP contribution is -1.87. The van der Waals surface area contributed by atoms with Gasteiger partial charge in [-0.05, 0) is 25.1 Å². The Bertz CT molecular complexity index is 482. The SMILES string of the molecule is Cc1cc(Cl)c(-c2ccc(F)nc2)cn1. The van der Waals surface area contributed by atoms with Crippen molar-refractivity contribution >= 4 is 11.6 Å². The van der Waals surface area contributed by atoms with Crippen LogP contribution in [-0.4, -0.2) is 9.97 Å². The summed E-state index contributed by atoms with van der Waals surface area (Å²) in [5.74, 6) is -0.505. The van der Waals surface area contributed by atoms with Crippen LogP contribution in [0.25, 0.3) is 11.1 Å². The number of aryl methyl sites for hydroxylation is 1. The van der Waals surface area contributed by atoms with Gasteiger partial charge < -0.3 is 0 Å². The van der Waals surface area contributed by atoms with E-state index in [1.165, 1.54) is 12.3 Å². The Labute approximate surface area is 91.8 Å². The molecule has 0 aliphatic carbocycles. The number of rotatable bonds is 1. The lowest BCUT2D eigenvalue weighted by atomic mass is 10.1. The fourth-order valence-electron chi connectivity index (χ4n) is 1.27. The molecule has 0 unspecified atom stereocenters. The zero-order valence-corrected chi connectivity index (χ0v) is 8.79. The van der Waals surface area contributed by atoms with Gasteiger partial charge in [0.25, 0.3) is 0 Å². The molecule has 0 saturated heterocycles. The van der Waals surface area contributed by atoms with Crippen LogP contribution in [0.4, 0.5) is 4.39 Å². The summed E-state index contributed by atoms with van der Waals surface area (Å²) >= 11 is 6.04. The van der Waals surface area contributed by atoms with E-state index in [4.69, 9.17) is 11.6 Å². The molecule has 0 N–H and O–H groups in total. The lowest BCUT2D eigenvalue weighted by Gasteiger charge is -2.03. The van der Waals surface area contributed by atoms with E-state index in [-0.39, 0.29) is 0 Å². The summed E-state index contributed by atoms with van der Waals surface area (Å²) in [5.41, 5.74) is 2.36. The van der Waals surface area contributed by atoms with E-state index < -0.39 is 5.95 Å². The molecular weight excluding hydrogens is 215 g/mol. The van der Waals surface area contributed by atoms with Crippen LogP contribution >= 0.6 is 11.6 Å². The third-order valence-corrected chi connectivity index (χ3v) is 2.34. The molecule has 0 aromatic carbocycles. The third-order valence-electron chi connectivity index (χ3n) is 2.03. The van der Waals surface area contributed by atoms with Gasteiger partial charge in [-0.3, -0.25) is 4.98 Å². The molecule has 0 radical (unpaired) electrons. The van der Waals surface area contributed by atoms with Crippen LogP contribution in [0.5, 0.6) is 0 Å². The van der Waals surface area contributed by atoms with Crippen LogP contribution in [0.2, 0.25) is 5.02 Å². The van der Waals surface area contributed by atoms with Crippen LogP contribution in [0.1, 0.15) is 5.69 Å². The Morgan fingerprint density at radius 2 is 2.00 bits per heavy atom. The Hall–Kier alpha value is -1.48. The van der Waals surface area contributed by atoms with E-state index in [2.05, 4.69) is 9.97 Å². The van der Waals surface area contributed by atoms with Crippen molar-refractivity contribution in [1.82, 2.24) is 9.97 Å². The predicted octanol–water partition coefficient (Wildman–Crippen LogP) is 3.24. The molecule has 0 fully saturated rings. The number of hydrogen-bond acceptors (Lipinski definition) is 2.